The smallest absolute Gasteiger partial charge is 0.344 e. The van der Waals surface area contributed by atoms with Crippen molar-refractivity contribution in [3.05, 3.63) is 33.3 Å². The molecule has 7 nitrogen and oxygen atoms in total. The molecule has 0 bridgehead atoms. The number of allylic oxidation sites excluding steroid dienone is 2. The molecule has 3 rings (SSSR count). The number of hydrogen-bond acceptors (Lipinski definition) is 5. The number of carboxylic acid groups (broad SMARTS) is 1. The average molecular weight is 462 g/mol. The van der Waals surface area contributed by atoms with Crippen molar-refractivity contribution in [1.29, 1.82) is 0 Å². The maximum absolute atomic E-state index is 11.9. The molecule has 0 heterocycles. The van der Waals surface area contributed by atoms with Gasteiger partial charge in [0, 0.05) is 18.4 Å². The fraction of sp³-hybridized carbons (Fsp3) is 0.474. The lowest BCUT2D eigenvalue weighted by atomic mass is 9.81. The van der Waals surface area contributed by atoms with Crippen LogP contribution in [0.2, 0.25) is 10.0 Å². The second kappa shape index (κ2) is 8.26. The van der Waals surface area contributed by atoms with E-state index in [1.807, 2.05) is 6.92 Å². The number of hydrogen-bond donors (Lipinski definition) is 2. The summed E-state index contributed by atoms with van der Waals surface area (Å²) in [6.45, 7) is 2.03. The Labute approximate surface area is 178 Å². The molecule has 3 atom stereocenters. The molecular formula is C19H21Cl2NO6S. The monoisotopic (exact) mass is 461 g/mol. The molecule has 1 aromatic rings. The van der Waals surface area contributed by atoms with Gasteiger partial charge in [-0.15, -0.1) is 0 Å². The van der Waals surface area contributed by atoms with Crippen LogP contribution in [0.1, 0.15) is 49.7 Å². The minimum absolute atomic E-state index is 0.0293. The number of nitrogens with two attached hydrogens (primary N) is 1. The van der Waals surface area contributed by atoms with E-state index in [0.29, 0.717) is 18.4 Å². The number of carboxylic acids is 1. The summed E-state index contributed by atoms with van der Waals surface area (Å²) in [5, 5.41) is 14.6. The number of ether oxygens (including phenoxy) is 1. The second-order valence-electron chi connectivity index (χ2n) is 7.29. The zero-order chi connectivity index (χ0) is 21.5. The number of carbonyl (C=O) groups excluding carboxylic acids is 1. The van der Waals surface area contributed by atoms with Gasteiger partial charge in [-0.05, 0) is 48.0 Å². The molecule has 0 radical (unpaired) electrons. The van der Waals surface area contributed by atoms with Gasteiger partial charge in [-0.25, -0.2) is 18.4 Å². The van der Waals surface area contributed by atoms with Crippen molar-refractivity contribution in [2.24, 2.45) is 11.1 Å². The molecule has 2 aliphatic carbocycles. The molecule has 10 heteroatoms. The van der Waals surface area contributed by atoms with E-state index >= 15 is 0 Å². The molecular weight excluding hydrogens is 441 g/mol. The largest absolute Gasteiger partial charge is 0.479 e. The van der Waals surface area contributed by atoms with Gasteiger partial charge in [0.2, 0.25) is 10.0 Å². The molecule has 158 valence electrons. The van der Waals surface area contributed by atoms with Gasteiger partial charge in [0.15, 0.2) is 11.9 Å². The number of benzene rings is 1. The van der Waals surface area contributed by atoms with Crippen molar-refractivity contribution >= 4 is 50.6 Å². The number of sulfonamides is 1. The van der Waals surface area contributed by atoms with E-state index in [9.17, 15) is 23.1 Å². The third-order valence-corrected chi connectivity index (χ3v) is 7.10. The van der Waals surface area contributed by atoms with Crippen LogP contribution in [0, 0.1) is 5.92 Å². The predicted octanol–water partition coefficient (Wildman–Crippen LogP) is 3.37. The number of halogens is 2. The van der Waals surface area contributed by atoms with Crippen LogP contribution in [0.15, 0.2) is 12.1 Å². The molecule has 0 aromatic heterocycles. The van der Waals surface area contributed by atoms with Crippen molar-refractivity contribution in [1.82, 2.24) is 0 Å². The first-order chi connectivity index (χ1) is 13.5. The van der Waals surface area contributed by atoms with Crippen LogP contribution in [-0.2, 0) is 19.6 Å². The highest BCUT2D eigenvalue weighted by atomic mass is 35.5. The molecule has 0 spiro atoms. The Morgan fingerprint density at radius 1 is 1.38 bits per heavy atom. The van der Waals surface area contributed by atoms with Crippen LogP contribution >= 0.6 is 23.2 Å². The van der Waals surface area contributed by atoms with Crippen molar-refractivity contribution in [3.63, 3.8) is 0 Å². The van der Waals surface area contributed by atoms with Crippen molar-refractivity contribution in [3.8, 4) is 5.75 Å². The summed E-state index contributed by atoms with van der Waals surface area (Å²) >= 11 is 12.9. The van der Waals surface area contributed by atoms with E-state index in [2.05, 4.69) is 0 Å². The van der Waals surface area contributed by atoms with E-state index in [0.717, 1.165) is 17.6 Å². The maximum Gasteiger partial charge on any atom is 0.344 e. The third-order valence-electron chi connectivity index (χ3n) is 5.44. The lowest BCUT2D eigenvalue weighted by molar-refractivity contribution is -0.145. The minimum atomic E-state index is -3.85. The summed E-state index contributed by atoms with van der Waals surface area (Å²) < 4.78 is 27.9. The van der Waals surface area contributed by atoms with Crippen LogP contribution in [0.4, 0.5) is 0 Å². The van der Waals surface area contributed by atoms with Crippen LogP contribution < -0.4 is 9.88 Å². The Morgan fingerprint density at radius 3 is 2.66 bits per heavy atom. The average Bonchev–Trinajstić information content (AvgIpc) is 2.93. The lowest BCUT2D eigenvalue weighted by Crippen LogP contribution is -2.31. The molecule has 0 aliphatic heterocycles. The molecule has 0 saturated heterocycles. The summed E-state index contributed by atoms with van der Waals surface area (Å²) in [7, 11) is -3.85. The number of aliphatic carboxylic acids is 1. The Balaban J connectivity index is 2.01. The first kappa shape index (κ1) is 22.1. The Hall–Kier alpha value is -1.61. The molecule has 3 N–H and O–H groups in total. The summed E-state index contributed by atoms with van der Waals surface area (Å²) in [5.74, 6) is -1.52. The second-order valence-corrected chi connectivity index (χ2v) is 9.78. The highest BCUT2D eigenvalue weighted by Crippen LogP contribution is 2.56. The molecule has 1 aromatic carbocycles. The van der Waals surface area contributed by atoms with E-state index < -0.39 is 27.8 Å². The molecule has 2 aliphatic rings. The zero-order valence-corrected chi connectivity index (χ0v) is 18.0. The summed E-state index contributed by atoms with van der Waals surface area (Å²) in [6.07, 6.45) is 1.82. The first-order valence-electron chi connectivity index (χ1n) is 9.20. The summed E-state index contributed by atoms with van der Waals surface area (Å²) in [4.78, 5) is 23.5. The van der Waals surface area contributed by atoms with Crippen LogP contribution in [0.5, 0.6) is 5.75 Å². The van der Waals surface area contributed by atoms with Gasteiger partial charge in [-0.1, -0.05) is 30.1 Å². The highest BCUT2D eigenvalue weighted by molar-refractivity contribution is 7.89. The highest BCUT2D eigenvalue weighted by Gasteiger charge is 2.40. The van der Waals surface area contributed by atoms with E-state index in [4.69, 9.17) is 33.1 Å². The van der Waals surface area contributed by atoms with Gasteiger partial charge >= 0.3 is 5.97 Å². The standard InChI is InChI=1S/C19H21Cl2NO6S/c1-2-10-11-4-3-9(23)7-12(11)16-13(10)8-15(17(20)18(16)21)28-14(19(24)25)5-6-29(22,26)27/h7-8,10-11,14H,2-6H2,1H3,(H,24,25)(H2,22,26,27). The number of primary sulfonamides is 1. The zero-order valence-electron chi connectivity index (χ0n) is 15.7. The fourth-order valence-electron chi connectivity index (χ4n) is 4.15. The molecule has 0 fully saturated rings. The molecule has 29 heavy (non-hydrogen) atoms. The number of rotatable bonds is 7. The fourth-order valence-corrected chi connectivity index (χ4v) is 5.20. The van der Waals surface area contributed by atoms with Crippen LogP contribution in [0.3, 0.4) is 0 Å². The van der Waals surface area contributed by atoms with Gasteiger partial charge in [0.25, 0.3) is 0 Å². The van der Waals surface area contributed by atoms with Gasteiger partial charge in [0.1, 0.15) is 10.8 Å². The Kier molecular flexibility index (Phi) is 6.29. The van der Waals surface area contributed by atoms with Gasteiger partial charge in [0.05, 0.1) is 10.8 Å². The predicted molar refractivity (Wildman–Crippen MR) is 110 cm³/mol. The molecule has 0 saturated carbocycles. The van der Waals surface area contributed by atoms with Gasteiger partial charge in [-0.2, -0.15) is 0 Å². The van der Waals surface area contributed by atoms with E-state index in [-0.39, 0.29) is 39.8 Å². The molecule has 3 unspecified atom stereocenters. The maximum atomic E-state index is 11.9. The Morgan fingerprint density at radius 2 is 2.07 bits per heavy atom. The molecule has 0 amide bonds. The normalized spacial score (nSPS) is 21.9. The Bertz CT molecular complexity index is 1000. The lowest BCUT2D eigenvalue weighted by Gasteiger charge is -2.22. The quantitative estimate of drug-likeness (QED) is 0.641. The van der Waals surface area contributed by atoms with Crippen molar-refractivity contribution in [2.75, 3.05) is 5.75 Å². The number of ketones is 1. The minimum Gasteiger partial charge on any atom is -0.479 e. The third kappa shape index (κ3) is 4.45. The topological polar surface area (TPSA) is 124 Å². The number of carbonyl (C=O) groups is 2. The van der Waals surface area contributed by atoms with Crippen LogP contribution in [-0.4, -0.2) is 37.1 Å². The van der Waals surface area contributed by atoms with Crippen molar-refractivity contribution in [2.45, 2.75) is 44.6 Å². The summed E-state index contributed by atoms with van der Waals surface area (Å²) in [5.41, 5.74) is 2.44. The van der Waals surface area contributed by atoms with Crippen LogP contribution in [0.25, 0.3) is 5.57 Å². The van der Waals surface area contributed by atoms with Crippen molar-refractivity contribution < 1.29 is 27.9 Å². The van der Waals surface area contributed by atoms with E-state index in [1.165, 1.54) is 0 Å². The SMILES string of the molecule is CCC1c2cc(OC(CCS(N)(=O)=O)C(=O)O)c(Cl)c(Cl)c2C2=CC(=O)CCC21. The first-order valence-corrected chi connectivity index (χ1v) is 11.7. The van der Waals surface area contributed by atoms with Gasteiger partial charge < -0.3 is 9.84 Å². The van der Waals surface area contributed by atoms with E-state index in [1.54, 1.807) is 12.1 Å². The van der Waals surface area contributed by atoms with Gasteiger partial charge in [-0.3, -0.25) is 4.79 Å². The summed E-state index contributed by atoms with van der Waals surface area (Å²) in [6, 6.07) is 1.66. The number of fused-ring (bicyclic) bond motifs is 3.